The molecule has 0 saturated carbocycles. The second-order valence-corrected chi connectivity index (χ2v) is 2.49. The standard InChI is InChI=1S/C6H12O5/c1-10-6-5(9)4(8)3(7)2-11-6/h3-9H,2H2,1H3/t3-,4-,5+,6?/m1/s1. The zero-order valence-electron chi connectivity index (χ0n) is 6.17. The van der Waals surface area contributed by atoms with Gasteiger partial charge < -0.3 is 24.8 Å². The fraction of sp³-hybridized carbons (Fsp3) is 1.00. The SMILES string of the molecule is COC1OC[C@@H](O)[C@@H](O)[C@@H]1O. The lowest BCUT2D eigenvalue weighted by molar-refractivity contribution is -0.261. The molecule has 11 heavy (non-hydrogen) atoms. The Hall–Kier alpha value is -0.200. The molecule has 0 aromatic heterocycles. The Balaban J connectivity index is 2.52. The smallest absolute Gasteiger partial charge is 0.185 e. The van der Waals surface area contributed by atoms with Gasteiger partial charge in [-0.2, -0.15) is 0 Å². The first-order chi connectivity index (χ1) is 5.16. The quantitative estimate of drug-likeness (QED) is 0.420. The molecule has 5 nitrogen and oxygen atoms in total. The van der Waals surface area contributed by atoms with Crippen LogP contribution in [0, 0.1) is 0 Å². The summed E-state index contributed by atoms with van der Waals surface area (Å²) in [7, 11) is 1.36. The van der Waals surface area contributed by atoms with E-state index in [2.05, 4.69) is 4.74 Å². The maximum atomic E-state index is 9.15. The van der Waals surface area contributed by atoms with Crippen molar-refractivity contribution >= 4 is 0 Å². The van der Waals surface area contributed by atoms with Crippen LogP contribution in [0.4, 0.5) is 0 Å². The lowest BCUT2D eigenvalue weighted by Gasteiger charge is -2.33. The maximum Gasteiger partial charge on any atom is 0.185 e. The zero-order chi connectivity index (χ0) is 8.43. The maximum absolute atomic E-state index is 9.15. The van der Waals surface area contributed by atoms with E-state index >= 15 is 0 Å². The lowest BCUT2D eigenvalue weighted by atomic mass is 10.1. The number of ether oxygens (including phenoxy) is 2. The number of methoxy groups -OCH3 is 1. The van der Waals surface area contributed by atoms with Crippen molar-refractivity contribution in [1.82, 2.24) is 0 Å². The van der Waals surface area contributed by atoms with Crippen LogP contribution in [0.1, 0.15) is 0 Å². The first-order valence-electron chi connectivity index (χ1n) is 3.35. The van der Waals surface area contributed by atoms with E-state index in [1.54, 1.807) is 0 Å². The van der Waals surface area contributed by atoms with Crippen LogP contribution in [0.5, 0.6) is 0 Å². The molecule has 1 heterocycles. The summed E-state index contributed by atoms with van der Waals surface area (Å²) in [6.07, 6.45) is -4.23. The summed E-state index contributed by atoms with van der Waals surface area (Å²) < 4.78 is 9.52. The average molecular weight is 164 g/mol. The van der Waals surface area contributed by atoms with E-state index < -0.39 is 24.6 Å². The van der Waals surface area contributed by atoms with E-state index in [0.717, 1.165) is 0 Å². The second kappa shape index (κ2) is 3.46. The topological polar surface area (TPSA) is 79.2 Å². The van der Waals surface area contributed by atoms with Crippen LogP contribution in [-0.4, -0.2) is 53.6 Å². The van der Waals surface area contributed by atoms with Crippen LogP contribution < -0.4 is 0 Å². The molecule has 1 saturated heterocycles. The summed E-state index contributed by atoms with van der Waals surface area (Å²) in [5.74, 6) is 0. The van der Waals surface area contributed by atoms with Crippen molar-refractivity contribution in [2.24, 2.45) is 0 Å². The second-order valence-electron chi connectivity index (χ2n) is 2.49. The summed E-state index contributed by atoms with van der Waals surface area (Å²) in [5.41, 5.74) is 0. The van der Waals surface area contributed by atoms with Crippen LogP contribution in [0.15, 0.2) is 0 Å². The lowest BCUT2D eigenvalue weighted by Crippen LogP contribution is -2.53. The zero-order valence-corrected chi connectivity index (χ0v) is 6.17. The molecule has 0 spiro atoms. The van der Waals surface area contributed by atoms with Crippen LogP contribution in [0.3, 0.4) is 0 Å². The number of hydrogen-bond donors (Lipinski definition) is 3. The first-order valence-corrected chi connectivity index (χ1v) is 3.35. The molecule has 1 aliphatic heterocycles. The number of rotatable bonds is 1. The minimum absolute atomic E-state index is 0.0171. The van der Waals surface area contributed by atoms with Gasteiger partial charge in [0, 0.05) is 7.11 Å². The van der Waals surface area contributed by atoms with Crippen LogP contribution in [0.2, 0.25) is 0 Å². The van der Waals surface area contributed by atoms with E-state index in [-0.39, 0.29) is 6.61 Å². The van der Waals surface area contributed by atoms with Crippen molar-refractivity contribution < 1.29 is 24.8 Å². The molecule has 1 fully saturated rings. The predicted octanol–water partition coefficient (Wildman–Crippen LogP) is -1.93. The van der Waals surface area contributed by atoms with Gasteiger partial charge in [-0.25, -0.2) is 0 Å². The van der Waals surface area contributed by atoms with Crippen LogP contribution in [-0.2, 0) is 9.47 Å². The van der Waals surface area contributed by atoms with Crippen molar-refractivity contribution in [2.45, 2.75) is 24.6 Å². The van der Waals surface area contributed by atoms with Crippen molar-refractivity contribution in [1.29, 1.82) is 0 Å². The normalized spacial score (nSPS) is 45.8. The van der Waals surface area contributed by atoms with Crippen molar-refractivity contribution in [3.8, 4) is 0 Å². The largest absolute Gasteiger partial charge is 0.388 e. The van der Waals surface area contributed by atoms with Gasteiger partial charge in [0.15, 0.2) is 6.29 Å². The summed E-state index contributed by atoms with van der Waals surface area (Å²) in [4.78, 5) is 0. The Morgan fingerprint density at radius 1 is 1.27 bits per heavy atom. The van der Waals surface area contributed by atoms with Gasteiger partial charge >= 0.3 is 0 Å². The highest BCUT2D eigenvalue weighted by atomic mass is 16.7. The van der Waals surface area contributed by atoms with Gasteiger partial charge in [-0.05, 0) is 0 Å². The van der Waals surface area contributed by atoms with E-state index in [4.69, 9.17) is 20.1 Å². The molecule has 4 atom stereocenters. The fourth-order valence-corrected chi connectivity index (χ4v) is 0.987. The predicted molar refractivity (Wildman–Crippen MR) is 34.8 cm³/mol. The Morgan fingerprint density at radius 2 is 1.91 bits per heavy atom. The highest BCUT2D eigenvalue weighted by molar-refractivity contribution is 4.81. The third kappa shape index (κ3) is 1.69. The molecule has 0 aromatic rings. The van der Waals surface area contributed by atoms with Gasteiger partial charge in [-0.3, -0.25) is 0 Å². The van der Waals surface area contributed by atoms with E-state index in [9.17, 15) is 0 Å². The first kappa shape index (κ1) is 8.89. The number of aliphatic hydroxyl groups is 3. The van der Waals surface area contributed by atoms with Crippen LogP contribution >= 0.6 is 0 Å². The highest BCUT2D eigenvalue weighted by Gasteiger charge is 2.37. The van der Waals surface area contributed by atoms with Crippen molar-refractivity contribution in [3.63, 3.8) is 0 Å². The Labute approximate surface area is 64.2 Å². The minimum atomic E-state index is -1.19. The summed E-state index contributed by atoms with van der Waals surface area (Å²) >= 11 is 0. The molecule has 1 unspecified atom stereocenters. The van der Waals surface area contributed by atoms with E-state index in [1.165, 1.54) is 7.11 Å². The third-order valence-corrected chi connectivity index (χ3v) is 1.69. The Morgan fingerprint density at radius 3 is 2.45 bits per heavy atom. The molecule has 1 rings (SSSR count). The number of hydrogen-bond acceptors (Lipinski definition) is 5. The fourth-order valence-electron chi connectivity index (χ4n) is 0.987. The molecule has 0 radical (unpaired) electrons. The molecule has 0 amide bonds. The highest BCUT2D eigenvalue weighted by Crippen LogP contribution is 2.15. The van der Waals surface area contributed by atoms with Gasteiger partial charge in [0.1, 0.15) is 18.3 Å². The van der Waals surface area contributed by atoms with Gasteiger partial charge in [-0.15, -0.1) is 0 Å². The van der Waals surface area contributed by atoms with Crippen molar-refractivity contribution in [3.05, 3.63) is 0 Å². The van der Waals surface area contributed by atoms with Gasteiger partial charge in [-0.1, -0.05) is 0 Å². The van der Waals surface area contributed by atoms with Crippen LogP contribution in [0.25, 0.3) is 0 Å². The molecule has 3 N–H and O–H groups in total. The average Bonchev–Trinajstić information content (AvgIpc) is 2.01. The van der Waals surface area contributed by atoms with Crippen molar-refractivity contribution in [2.75, 3.05) is 13.7 Å². The molecule has 1 aliphatic rings. The van der Waals surface area contributed by atoms with E-state index in [1.807, 2.05) is 0 Å². The molecule has 0 bridgehead atoms. The third-order valence-electron chi connectivity index (χ3n) is 1.69. The minimum Gasteiger partial charge on any atom is -0.388 e. The van der Waals surface area contributed by atoms with Gasteiger partial charge in [0.05, 0.1) is 6.61 Å². The molecule has 0 aliphatic carbocycles. The van der Waals surface area contributed by atoms with Gasteiger partial charge in [0.2, 0.25) is 0 Å². The summed E-state index contributed by atoms with van der Waals surface area (Å²) in [5, 5.41) is 27.2. The van der Waals surface area contributed by atoms with E-state index in [0.29, 0.717) is 0 Å². The Bertz CT molecular complexity index is 126. The molecule has 66 valence electrons. The number of aliphatic hydroxyl groups excluding tert-OH is 3. The van der Waals surface area contributed by atoms with Gasteiger partial charge in [0.25, 0.3) is 0 Å². The summed E-state index contributed by atoms with van der Waals surface area (Å²) in [6.45, 7) is -0.0171. The molecular formula is C6H12O5. The Kier molecular flexibility index (Phi) is 2.80. The summed E-state index contributed by atoms with van der Waals surface area (Å²) in [6, 6.07) is 0. The molecule has 5 heteroatoms. The molecule has 0 aromatic carbocycles. The molecular weight excluding hydrogens is 152 g/mol. The monoisotopic (exact) mass is 164 g/mol.